The van der Waals surface area contributed by atoms with Gasteiger partial charge in [-0.25, -0.2) is 0 Å². The summed E-state index contributed by atoms with van der Waals surface area (Å²) < 4.78 is 26.8. The minimum atomic E-state index is -0.676. The van der Waals surface area contributed by atoms with Crippen molar-refractivity contribution >= 4 is 5.97 Å². The molecule has 2 rings (SSSR count). The number of fused-ring (bicyclic) bond motifs is 1. The maximum Gasteiger partial charge on any atom is 0.308 e. The normalized spacial score (nSPS) is 39.1. The molecule has 2 heterocycles. The number of ether oxygens (including phenoxy) is 5. The summed E-state index contributed by atoms with van der Waals surface area (Å²) >= 11 is 0. The van der Waals surface area contributed by atoms with Gasteiger partial charge in [0.1, 0.15) is 18.3 Å². The van der Waals surface area contributed by atoms with E-state index in [0.717, 1.165) is 0 Å². The molecule has 1 unspecified atom stereocenters. The van der Waals surface area contributed by atoms with E-state index >= 15 is 0 Å². The molecular weight excluding hydrogens is 228 g/mol. The predicted octanol–water partition coefficient (Wildman–Crippen LogP) is 0.441. The molecule has 98 valence electrons. The largest absolute Gasteiger partial charge is 0.469 e. The highest BCUT2D eigenvalue weighted by molar-refractivity contribution is 5.69. The summed E-state index contributed by atoms with van der Waals surface area (Å²) in [6.45, 7) is 3.65. The van der Waals surface area contributed by atoms with Crippen LogP contribution in [0.5, 0.6) is 0 Å². The summed E-state index contributed by atoms with van der Waals surface area (Å²) in [4.78, 5) is 11.3. The fourth-order valence-corrected chi connectivity index (χ4v) is 2.24. The Morgan fingerprint density at radius 2 is 1.88 bits per heavy atom. The van der Waals surface area contributed by atoms with Gasteiger partial charge in [0.05, 0.1) is 13.5 Å². The van der Waals surface area contributed by atoms with Crippen LogP contribution >= 0.6 is 0 Å². The van der Waals surface area contributed by atoms with Crippen molar-refractivity contribution in [1.82, 2.24) is 0 Å². The lowest BCUT2D eigenvalue weighted by Gasteiger charge is -2.23. The molecule has 0 aromatic carbocycles. The molecule has 0 N–H and O–H groups in total. The van der Waals surface area contributed by atoms with E-state index in [9.17, 15) is 4.79 Å². The summed E-state index contributed by atoms with van der Waals surface area (Å²) in [6.07, 6.45) is -1.36. The Balaban J connectivity index is 2.07. The van der Waals surface area contributed by atoms with Crippen molar-refractivity contribution in [2.45, 2.75) is 50.7 Å². The molecule has 0 amide bonds. The first-order valence-electron chi connectivity index (χ1n) is 5.57. The molecule has 0 aromatic rings. The van der Waals surface area contributed by atoms with Crippen LogP contribution in [0.3, 0.4) is 0 Å². The van der Waals surface area contributed by atoms with Crippen LogP contribution in [0.15, 0.2) is 0 Å². The van der Waals surface area contributed by atoms with Gasteiger partial charge in [0.25, 0.3) is 0 Å². The van der Waals surface area contributed by atoms with Gasteiger partial charge in [-0.3, -0.25) is 4.79 Å². The molecule has 2 fully saturated rings. The van der Waals surface area contributed by atoms with E-state index in [2.05, 4.69) is 4.74 Å². The minimum absolute atomic E-state index is 0.136. The highest BCUT2D eigenvalue weighted by Gasteiger charge is 2.55. The lowest BCUT2D eigenvalue weighted by molar-refractivity contribution is -0.228. The van der Waals surface area contributed by atoms with E-state index < -0.39 is 12.1 Å². The van der Waals surface area contributed by atoms with Crippen molar-refractivity contribution in [3.63, 3.8) is 0 Å². The number of carbonyl (C=O) groups is 1. The van der Waals surface area contributed by atoms with Gasteiger partial charge in [-0.05, 0) is 13.8 Å². The van der Waals surface area contributed by atoms with E-state index in [1.165, 1.54) is 14.2 Å². The zero-order valence-corrected chi connectivity index (χ0v) is 10.5. The molecule has 4 atom stereocenters. The minimum Gasteiger partial charge on any atom is -0.469 e. The van der Waals surface area contributed by atoms with Crippen LogP contribution in [-0.4, -0.2) is 50.6 Å². The molecule has 0 aromatic heterocycles. The molecule has 2 aliphatic rings. The summed E-state index contributed by atoms with van der Waals surface area (Å²) in [5.74, 6) is -1.01. The fourth-order valence-electron chi connectivity index (χ4n) is 2.24. The monoisotopic (exact) mass is 246 g/mol. The van der Waals surface area contributed by atoms with Crippen molar-refractivity contribution in [1.29, 1.82) is 0 Å². The lowest BCUT2D eigenvalue weighted by Crippen LogP contribution is -2.31. The Bertz CT molecular complexity index is 302. The summed E-state index contributed by atoms with van der Waals surface area (Å²) in [5.41, 5.74) is 0. The van der Waals surface area contributed by atoms with Gasteiger partial charge in [-0.1, -0.05) is 0 Å². The zero-order valence-electron chi connectivity index (χ0n) is 10.5. The molecule has 0 spiro atoms. The summed E-state index contributed by atoms with van der Waals surface area (Å²) in [6, 6.07) is 0. The molecule has 0 aliphatic carbocycles. The molecule has 0 saturated carbocycles. The molecule has 17 heavy (non-hydrogen) atoms. The van der Waals surface area contributed by atoms with Crippen molar-refractivity contribution in [2.75, 3.05) is 14.2 Å². The van der Waals surface area contributed by atoms with Gasteiger partial charge in [-0.2, -0.15) is 0 Å². The highest BCUT2D eigenvalue weighted by Crippen LogP contribution is 2.39. The van der Waals surface area contributed by atoms with E-state index in [1.54, 1.807) is 0 Å². The van der Waals surface area contributed by atoms with Gasteiger partial charge in [-0.15, -0.1) is 0 Å². The first kappa shape index (κ1) is 12.8. The number of methoxy groups -OCH3 is 2. The average molecular weight is 246 g/mol. The molecule has 0 radical (unpaired) electrons. The molecule has 0 bridgehead atoms. The SMILES string of the molecule is COC(=O)C[C@H]1OC(OC)[C@@H]2OC(C)(C)O[C@H]12. The molecule has 6 nitrogen and oxygen atoms in total. The van der Waals surface area contributed by atoms with Crippen molar-refractivity contribution < 1.29 is 28.5 Å². The third kappa shape index (κ3) is 2.44. The molecule has 2 saturated heterocycles. The molecule has 2 aliphatic heterocycles. The number of hydrogen-bond acceptors (Lipinski definition) is 6. The van der Waals surface area contributed by atoms with Gasteiger partial charge in [0.15, 0.2) is 12.1 Å². The summed E-state index contributed by atoms with van der Waals surface area (Å²) in [7, 11) is 2.88. The fraction of sp³-hybridized carbons (Fsp3) is 0.909. The van der Waals surface area contributed by atoms with Crippen LogP contribution in [0.4, 0.5) is 0 Å². The quantitative estimate of drug-likeness (QED) is 0.673. The Morgan fingerprint density at radius 3 is 2.47 bits per heavy atom. The third-order valence-electron chi connectivity index (χ3n) is 2.94. The van der Waals surface area contributed by atoms with E-state index in [1.807, 2.05) is 13.8 Å². The van der Waals surface area contributed by atoms with Gasteiger partial charge < -0.3 is 23.7 Å². The van der Waals surface area contributed by atoms with Gasteiger partial charge in [0, 0.05) is 7.11 Å². The van der Waals surface area contributed by atoms with Crippen molar-refractivity contribution in [3.8, 4) is 0 Å². The van der Waals surface area contributed by atoms with Crippen LogP contribution in [0, 0.1) is 0 Å². The Hall–Kier alpha value is -0.690. The number of carbonyl (C=O) groups excluding carboxylic acids is 1. The predicted molar refractivity (Wildman–Crippen MR) is 56.1 cm³/mol. The standard InChI is InChI=1S/C11H18O6/c1-11(2)16-8-6(5-7(12)13-3)15-10(14-4)9(8)17-11/h6,8-10H,5H2,1-4H3/t6-,8-,9-,10?/m1/s1. The Labute approximate surface area is 100 Å². The second kappa shape index (κ2) is 4.53. The first-order valence-corrected chi connectivity index (χ1v) is 5.57. The number of esters is 1. The van der Waals surface area contributed by atoms with Crippen LogP contribution in [0.25, 0.3) is 0 Å². The summed E-state index contributed by atoms with van der Waals surface area (Å²) in [5, 5.41) is 0. The Kier molecular flexibility index (Phi) is 3.40. The average Bonchev–Trinajstić information content (AvgIpc) is 2.73. The maximum atomic E-state index is 11.3. The van der Waals surface area contributed by atoms with Gasteiger partial charge >= 0.3 is 5.97 Å². The zero-order chi connectivity index (χ0) is 12.6. The van der Waals surface area contributed by atoms with Crippen molar-refractivity contribution in [3.05, 3.63) is 0 Å². The van der Waals surface area contributed by atoms with Crippen LogP contribution in [0.1, 0.15) is 20.3 Å². The highest BCUT2D eigenvalue weighted by atomic mass is 16.8. The second-order valence-electron chi connectivity index (χ2n) is 4.62. The smallest absolute Gasteiger partial charge is 0.308 e. The topological polar surface area (TPSA) is 63.2 Å². The Morgan fingerprint density at radius 1 is 1.24 bits per heavy atom. The van der Waals surface area contributed by atoms with Crippen LogP contribution < -0.4 is 0 Å². The van der Waals surface area contributed by atoms with Crippen LogP contribution in [-0.2, 0) is 28.5 Å². The van der Waals surface area contributed by atoms with E-state index in [4.69, 9.17) is 18.9 Å². The number of rotatable bonds is 3. The van der Waals surface area contributed by atoms with Gasteiger partial charge in [0.2, 0.25) is 0 Å². The third-order valence-corrected chi connectivity index (χ3v) is 2.94. The molecular formula is C11H18O6. The van der Waals surface area contributed by atoms with Crippen LogP contribution in [0.2, 0.25) is 0 Å². The number of hydrogen-bond donors (Lipinski definition) is 0. The lowest BCUT2D eigenvalue weighted by atomic mass is 10.1. The van der Waals surface area contributed by atoms with E-state index in [-0.39, 0.29) is 30.7 Å². The molecule has 6 heteroatoms. The van der Waals surface area contributed by atoms with Crippen molar-refractivity contribution in [2.24, 2.45) is 0 Å². The van der Waals surface area contributed by atoms with E-state index in [0.29, 0.717) is 0 Å². The second-order valence-corrected chi connectivity index (χ2v) is 4.62. The maximum absolute atomic E-state index is 11.3. The first-order chi connectivity index (χ1) is 7.96.